The number of amides is 2. The largest absolute Gasteiger partial charge is 0.481 e. The van der Waals surface area contributed by atoms with Gasteiger partial charge in [-0.25, -0.2) is 4.79 Å². The van der Waals surface area contributed by atoms with E-state index in [2.05, 4.69) is 31.4 Å². The Hall–Kier alpha value is -1.26. The molecule has 5 nitrogen and oxygen atoms in total. The Labute approximate surface area is 103 Å². The number of hydrogen-bond acceptors (Lipinski definition) is 2. The summed E-state index contributed by atoms with van der Waals surface area (Å²) in [5, 5.41) is 14.2. The van der Waals surface area contributed by atoms with E-state index in [0.717, 1.165) is 0 Å². The average molecular weight is 244 g/mol. The fourth-order valence-corrected chi connectivity index (χ4v) is 0.929. The molecule has 0 rings (SSSR count). The van der Waals surface area contributed by atoms with E-state index in [1.165, 1.54) is 0 Å². The molecule has 0 radical (unpaired) electrons. The van der Waals surface area contributed by atoms with Crippen molar-refractivity contribution in [3.05, 3.63) is 0 Å². The Morgan fingerprint density at radius 3 is 2.12 bits per heavy atom. The summed E-state index contributed by atoms with van der Waals surface area (Å²) in [5.41, 5.74) is -0.943. The van der Waals surface area contributed by atoms with E-state index in [-0.39, 0.29) is 12.6 Å². The standard InChI is InChI=1S/C12H24N2O3/c1-8(2)9(3)6-13-11(17)14-7-12(4,5)10(15)16/h8-9H,6-7H2,1-5H3,(H,15,16)(H2,13,14,17). The van der Waals surface area contributed by atoms with E-state index >= 15 is 0 Å². The van der Waals surface area contributed by atoms with Crippen molar-refractivity contribution in [2.45, 2.75) is 34.6 Å². The topological polar surface area (TPSA) is 78.4 Å². The average Bonchev–Trinajstić information content (AvgIpc) is 2.22. The van der Waals surface area contributed by atoms with Crippen molar-refractivity contribution < 1.29 is 14.7 Å². The lowest BCUT2D eigenvalue weighted by Gasteiger charge is -2.21. The van der Waals surface area contributed by atoms with Gasteiger partial charge in [0.05, 0.1) is 5.41 Å². The molecule has 0 spiro atoms. The molecule has 5 heteroatoms. The molecule has 17 heavy (non-hydrogen) atoms. The van der Waals surface area contributed by atoms with Gasteiger partial charge in [0.2, 0.25) is 0 Å². The van der Waals surface area contributed by atoms with E-state index in [9.17, 15) is 9.59 Å². The first-order valence-electron chi connectivity index (χ1n) is 5.92. The van der Waals surface area contributed by atoms with Gasteiger partial charge in [-0.05, 0) is 25.7 Å². The van der Waals surface area contributed by atoms with Crippen LogP contribution in [0.1, 0.15) is 34.6 Å². The number of nitrogens with one attached hydrogen (secondary N) is 2. The number of aliphatic carboxylic acids is 1. The van der Waals surface area contributed by atoms with Gasteiger partial charge in [-0.2, -0.15) is 0 Å². The molecule has 0 fully saturated rings. The molecular formula is C12H24N2O3. The fourth-order valence-electron chi connectivity index (χ4n) is 0.929. The summed E-state index contributed by atoms with van der Waals surface area (Å²) in [5.74, 6) is -0.0210. The van der Waals surface area contributed by atoms with Crippen molar-refractivity contribution in [1.29, 1.82) is 0 Å². The number of carbonyl (C=O) groups is 2. The Morgan fingerprint density at radius 2 is 1.71 bits per heavy atom. The van der Waals surface area contributed by atoms with E-state index in [4.69, 9.17) is 5.11 Å². The highest BCUT2D eigenvalue weighted by Gasteiger charge is 2.27. The molecule has 0 saturated carbocycles. The lowest BCUT2D eigenvalue weighted by atomic mass is 9.94. The maximum absolute atomic E-state index is 11.4. The molecule has 0 aliphatic heterocycles. The molecule has 0 saturated heterocycles. The van der Waals surface area contributed by atoms with Crippen LogP contribution in [0, 0.1) is 17.3 Å². The zero-order chi connectivity index (χ0) is 13.6. The molecule has 100 valence electrons. The molecular weight excluding hydrogens is 220 g/mol. The van der Waals surface area contributed by atoms with Crippen molar-refractivity contribution in [3.8, 4) is 0 Å². The van der Waals surface area contributed by atoms with Crippen molar-refractivity contribution in [2.24, 2.45) is 17.3 Å². The summed E-state index contributed by atoms with van der Waals surface area (Å²) in [6, 6.07) is -0.313. The Morgan fingerprint density at radius 1 is 1.18 bits per heavy atom. The van der Waals surface area contributed by atoms with Crippen molar-refractivity contribution in [1.82, 2.24) is 10.6 Å². The maximum atomic E-state index is 11.4. The molecule has 2 amide bonds. The summed E-state index contributed by atoms with van der Waals surface area (Å²) >= 11 is 0. The minimum atomic E-state index is -0.943. The predicted octanol–water partition coefficient (Wildman–Crippen LogP) is 1.69. The third kappa shape index (κ3) is 6.14. The highest BCUT2D eigenvalue weighted by molar-refractivity contribution is 5.77. The van der Waals surface area contributed by atoms with Crippen LogP contribution >= 0.6 is 0 Å². The molecule has 0 aliphatic rings. The first kappa shape index (κ1) is 15.7. The Balaban J connectivity index is 3.93. The highest BCUT2D eigenvalue weighted by Crippen LogP contribution is 2.13. The molecule has 1 unspecified atom stereocenters. The fraction of sp³-hybridized carbons (Fsp3) is 0.833. The first-order valence-corrected chi connectivity index (χ1v) is 5.92. The number of carbonyl (C=O) groups excluding carboxylic acids is 1. The van der Waals surface area contributed by atoms with E-state index < -0.39 is 11.4 Å². The number of urea groups is 1. The second-order valence-electron chi connectivity index (χ2n) is 5.47. The quantitative estimate of drug-likeness (QED) is 0.665. The second-order valence-corrected chi connectivity index (χ2v) is 5.47. The minimum absolute atomic E-state index is 0.115. The number of carboxylic acid groups (broad SMARTS) is 1. The van der Waals surface area contributed by atoms with Crippen LogP contribution in [-0.2, 0) is 4.79 Å². The van der Waals surface area contributed by atoms with Gasteiger partial charge in [-0.15, -0.1) is 0 Å². The molecule has 0 bridgehead atoms. The third-order valence-electron chi connectivity index (χ3n) is 2.99. The Kier molecular flexibility index (Phi) is 5.99. The van der Waals surface area contributed by atoms with E-state index in [0.29, 0.717) is 18.4 Å². The molecule has 0 aliphatic carbocycles. The molecule has 0 aromatic carbocycles. The predicted molar refractivity (Wildman–Crippen MR) is 66.8 cm³/mol. The molecule has 0 aromatic heterocycles. The zero-order valence-corrected chi connectivity index (χ0v) is 11.3. The normalized spacial score (nSPS) is 13.3. The van der Waals surface area contributed by atoms with Gasteiger partial charge in [0.15, 0.2) is 0 Å². The van der Waals surface area contributed by atoms with E-state index in [1.54, 1.807) is 13.8 Å². The third-order valence-corrected chi connectivity index (χ3v) is 2.99. The highest BCUT2D eigenvalue weighted by atomic mass is 16.4. The van der Waals surface area contributed by atoms with Gasteiger partial charge < -0.3 is 15.7 Å². The summed E-state index contributed by atoms with van der Waals surface area (Å²) in [6.07, 6.45) is 0. The summed E-state index contributed by atoms with van der Waals surface area (Å²) in [6.45, 7) is 10.1. The van der Waals surface area contributed by atoms with Crippen LogP contribution in [-0.4, -0.2) is 30.2 Å². The van der Waals surface area contributed by atoms with Gasteiger partial charge in [0.25, 0.3) is 0 Å². The van der Waals surface area contributed by atoms with Crippen molar-refractivity contribution in [2.75, 3.05) is 13.1 Å². The Bertz CT molecular complexity index is 275. The van der Waals surface area contributed by atoms with Gasteiger partial charge in [0, 0.05) is 13.1 Å². The van der Waals surface area contributed by atoms with Crippen LogP contribution in [0.2, 0.25) is 0 Å². The molecule has 1 atom stereocenters. The number of carboxylic acids is 1. The summed E-state index contributed by atoms with van der Waals surface area (Å²) in [4.78, 5) is 22.2. The smallest absolute Gasteiger partial charge is 0.314 e. The van der Waals surface area contributed by atoms with Crippen LogP contribution in [0.15, 0.2) is 0 Å². The molecule has 0 aromatic rings. The van der Waals surface area contributed by atoms with E-state index in [1.807, 2.05) is 0 Å². The van der Waals surface area contributed by atoms with Crippen LogP contribution in [0.3, 0.4) is 0 Å². The van der Waals surface area contributed by atoms with Crippen molar-refractivity contribution >= 4 is 12.0 Å². The monoisotopic (exact) mass is 244 g/mol. The van der Waals surface area contributed by atoms with Crippen LogP contribution < -0.4 is 10.6 Å². The van der Waals surface area contributed by atoms with Crippen LogP contribution in [0.25, 0.3) is 0 Å². The summed E-state index contributed by atoms with van der Waals surface area (Å²) in [7, 11) is 0. The van der Waals surface area contributed by atoms with Gasteiger partial charge in [0.1, 0.15) is 0 Å². The number of hydrogen-bond donors (Lipinski definition) is 3. The SMILES string of the molecule is CC(C)C(C)CNC(=O)NCC(C)(C)C(=O)O. The van der Waals surface area contributed by atoms with Crippen LogP contribution in [0.4, 0.5) is 4.79 Å². The molecule has 0 heterocycles. The van der Waals surface area contributed by atoms with Gasteiger partial charge in [-0.3, -0.25) is 4.79 Å². The van der Waals surface area contributed by atoms with Crippen LogP contribution in [0.5, 0.6) is 0 Å². The lowest BCUT2D eigenvalue weighted by Crippen LogP contribution is -2.44. The maximum Gasteiger partial charge on any atom is 0.314 e. The second kappa shape index (κ2) is 6.47. The lowest BCUT2D eigenvalue weighted by molar-refractivity contribution is -0.146. The summed E-state index contributed by atoms with van der Waals surface area (Å²) < 4.78 is 0. The van der Waals surface area contributed by atoms with Gasteiger partial charge >= 0.3 is 12.0 Å². The van der Waals surface area contributed by atoms with Crippen molar-refractivity contribution in [3.63, 3.8) is 0 Å². The van der Waals surface area contributed by atoms with Gasteiger partial charge in [-0.1, -0.05) is 20.8 Å². The first-order chi connectivity index (χ1) is 7.66. The zero-order valence-electron chi connectivity index (χ0n) is 11.3. The molecule has 3 N–H and O–H groups in total. The number of rotatable bonds is 6. The minimum Gasteiger partial charge on any atom is -0.481 e.